The van der Waals surface area contributed by atoms with E-state index in [0.29, 0.717) is 25.1 Å². The summed E-state index contributed by atoms with van der Waals surface area (Å²) in [4.78, 5) is 78.4. The number of carbonyl (C=O) groups is 6. The Labute approximate surface area is 205 Å². The fourth-order valence-electron chi connectivity index (χ4n) is 3.07. The van der Waals surface area contributed by atoms with E-state index in [1.54, 1.807) is 0 Å². The third kappa shape index (κ3) is 10.9. The summed E-state index contributed by atoms with van der Waals surface area (Å²) in [6.45, 7) is 0.403. The first-order valence-corrected chi connectivity index (χ1v) is 11.0. The molecule has 12 N–H and O–H groups in total. The zero-order valence-corrected chi connectivity index (χ0v) is 19.4. The number of hydrogen-bond donors (Lipinski definition) is 9. The van der Waals surface area contributed by atoms with E-state index in [2.05, 4.69) is 25.9 Å². The van der Waals surface area contributed by atoms with Crippen LogP contribution in [0.1, 0.15) is 37.8 Å². The van der Waals surface area contributed by atoms with Crippen LogP contribution in [0.3, 0.4) is 0 Å². The highest BCUT2D eigenvalue weighted by molar-refractivity contribution is 5.96. The number of aliphatic carboxylic acids is 2. The van der Waals surface area contributed by atoms with Gasteiger partial charge in [0.1, 0.15) is 18.1 Å². The predicted octanol–water partition coefficient (Wildman–Crippen LogP) is -3.70. The Hall–Kier alpha value is -4.05. The van der Waals surface area contributed by atoms with Crippen LogP contribution in [0.25, 0.3) is 0 Å². The van der Waals surface area contributed by atoms with Crippen LogP contribution in [-0.4, -0.2) is 86.5 Å². The second kappa shape index (κ2) is 15.0. The Morgan fingerprint density at radius 3 is 2.06 bits per heavy atom. The molecule has 0 saturated heterocycles. The number of carboxylic acids is 2. The van der Waals surface area contributed by atoms with E-state index in [9.17, 15) is 39.0 Å². The minimum atomic E-state index is -1.67. The van der Waals surface area contributed by atoms with Crippen LogP contribution in [0.2, 0.25) is 0 Å². The quantitative estimate of drug-likeness (QED) is 0.0915. The molecule has 200 valence electrons. The van der Waals surface area contributed by atoms with E-state index in [1.165, 1.54) is 12.5 Å². The molecular weight excluding hydrogens is 480 g/mol. The van der Waals surface area contributed by atoms with Gasteiger partial charge < -0.3 is 48.3 Å². The molecule has 0 aromatic carbocycles. The second-order valence-electron chi connectivity index (χ2n) is 7.96. The summed E-state index contributed by atoms with van der Waals surface area (Å²) in [5.41, 5.74) is 16.6. The van der Waals surface area contributed by atoms with Crippen molar-refractivity contribution in [1.82, 2.24) is 25.9 Å². The summed E-state index contributed by atoms with van der Waals surface area (Å²) in [5, 5.41) is 25.1. The molecule has 1 aromatic rings. The van der Waals surface area contributed by atoms with E-state index in [4.69, 9.17) is 17.2 Å². The lowest BCUT2D eigenvalue weighted by Gasteiger charge is -2.24. The summed E-state index contributed by atoms with van der Waals surface area (Å²) in [7, 11) is 0. The molecule has 16 heteroatoms. The smallest absolute Gasteiger partial charge is 0.326 e. The number of nitrogens with zero attached hydrogens (tertiary/aromatic N) is 1. The first-order chi connectivity index (χ1) is 16.9. The molecule has 1 aromatic heterocycles. The van der Waals surface area contributed by atoms with Gasteiger partial charge in [-0.1, -0.05) is 6.42 Å². The van der Waals surface area contributed by atoms with Gasteiger partial charge in [0.15, 0.2) is 0 Å². The van der Waals surface area contributed by atoms with Crippen LogP contribution < -0.4 is 33.2 Å². The number of unbranched alkanes of at least 4 members (excludes halogenated alkanes) is 1. The van der Waals surface area contributed by atoms with E-state index in [-0.39, 0.29) is 12.8 Å². The van der Waals surface area contributed by atoms with Crippen LogP contribution in [0.4, 0.5) is 0 Å². The molecule has 1 rings (SSSR count). The summed E-state index contributed by atoms with van der Waals surface area (Å²) >= 11 is 0. The van der Waals surface area contributed by atoms with Gasteiger partial charge in [-0.3, -0.25) is 24.0 Å². The number of aromatic amines is 1. The Morgan fingerprint density at radius 1 is 0.917 bits per heavy atom. The van der Waals surface area contributed by atoms with Crippen LogP contribution in [0, 0.1) is 0 Å². The third-order valence-corrected chi connectivity index (χ3v) is 4.95. The van der Waals surface area contributed by atoms with Gasteiger partial charge in [0, 0.05) is 18.3 Å². The Morgan fingerprint density at radius 2 is 1.53 bits per heavy atom. The van der Waals surface area contributed by atoms with Crippen molar-refractivity contribution in [3.05, 3.63) is 18.2 Å². The normalized spacial score (nSPS) is 14.1. The van der Waals surface area contributed by atoms with Crippen molar-refractivity contribution in [3.8, 4) is 0 Å². The monoisotopic (exact) mass is 512 g/mol. The van der Waals surface area contributed by atoms with Crippen LogP contribution in [-0.2, 0) is 35.2 Å². The molecule has 0 radical (unpaired) electrons. The summed E-state index contributed by atoms with van der Waals surface area (Å²) in [6.07, 6.45) is 2.36. The standard InChI is InChI=1S/C20H32N8O8/c21-4-2-1-3-11(22)17(32)26-13(7-16(30)31)19(34)27-12(5-10-8-24-9-25-10)18(33)28-14(20(35)36)6-15(23)29/h8-9,11-14H,1-7,21-22H2,(H2,23,29)(H,24,25)(H,26,32)(H,27,34)(H,28,33)(H,30,31)(H,35,36). The number of imidazole rings is 1. The fraction of sp³-hybridized carbons (Fsp3) is 0.550. The maximum atomic E-state index is 12.9. The number of primary amides is 1. The molecular formula is C20H32N8O8. The zero-order valence-electron chi connectivity index (χ0n) is 19.4. The third-order valence-electron chi connectivity index (χ3n) is 4.95. The highest BCUT2D eigenvalue weighted by Gasteiger charge is 2.32. The molecule has 0 aliphatic carbocycles. The average molecular weight is 513 g/mol. The van der Waals surface area contributed by atoms with Crippen LogP contribution >= 0.6 is 0 Å². The number of carboxylic acid groups (broad SMARTS) is 2. The van der Waals surface area contributed by atoms with E-state index in [1.807, 2.05) is 0 Å². The lowest BCUT2D eigenvalue weighted by Crippen LogP contribution is -2.58. The predicted molar refractivity (Wildman–Crippen MR) is 123 cm³/mol. The van der Waals surface area contributed by atoms with E-state index < -0.39 is 72.6 Å². The Kier molecular flexibility index (Phi) is 12.5. The summed E-state index contributed by atoms with van der Waals surface area (Å²) in [5.74, 6) is -6.71. The SMILES string of the molecule is NCCCCC(N)C(=O)NC(CC(=O)O)C(=O)NC(Cc1cnc[nH]1)C(=O)NC(CC(N)=O)C(=O)O. The van der Waals surface area contributed by atoms with Gasteiger partial charge in [0.05, 0.1) is 25.2 Å². The number of nitrogens with two attached hydrogens (primary N) is 3. The minimum Gasteiger partial charge on any atom is -0.481 e. The molecule has 0 fully saturated rings. The Bertz CT molecular complexity index is 923. The maximum Gasteiger partial charge on any atom is 0.326 e. The molecule has 4 amide bonds. The van der Waals surface area contributed by atoms with Crippen molar-refractivity contribution in [2.45, 2.75) is 62.7 Å². The molecule has 4 atom stereocenters. The highest BCUT2D eigenvalue weighted by atomic mass is 16.4. The molecule has 36 heavy (non-hydrogen) atoms. The molecule has 0 aliphatic heterocycles. The van der Waals surface area contributed by atoms with Crippen LogP contribution in [0.5, 0.6) is 0 Å². The van der Waals surface area contributed by atoms with Gasteiger partial charge in [0.25, 0.3) is 0 Å². The lowest BCUT2D eigenvalue weighted by atomic mass is 10.1. The molecule has 16 nitrogen and oxygen atoms in total. The molecule has 0 bridgehead atoms. The van der Waals surface area contributed by atoms with Gasteiger partial charge >= 0.3 is 11.9 Å². The number of amides is 4. The van der Waals surface area contributed by atoms with Gasteiger partial charge in [-0.15, -0.1) is 0 Å². The van der Waals surface area contributed by atoms with Gasteiger partial charge in [-0.25, -0.2) is 9.78 Å². The number of aromatic nitrogens is 2. The van der Waals surface area contributed by atoms with Gasteiger partial charge in [-0.05, 0) is 19.4 Å². The topological polar surface area (TPSA) is 286 Å². The first-order valence-electron chi connectivity index (χ1n) is 11.0. The fourth-order valence-corrected chi connectivity index (χ4v) is 3.07. The largest absolute Gasteiger partial charge is 0.481 e. The maximum absolute atomic E-state index is 12.9. The molecule has 0 saturated carbocycles. The van der Waals surface area contributed by atoms with Gasteiger partial charge in [0.2, 0.25) is 23.6 Å². The Balaban J connectivity index is 3.03. The lowest BCUT2D eigenvalue weighted by molar-refractivity contribution is -0.144. The zero-order chi connectivity index (χ0) is 27.3. The van der Waals surface area contributed by atoms with Crippen LogP contribution in [0.15, 0.2) is 12.5 Å². The van der Waals surface area contributed by atoms with Crippen molar-refractivity contribution < 1.29 is 39.0 Å². The number of nitrogens with one attached hydrogen (secondary N) is 4. The average Bonchev–Trinajstić information content (AvgIpc) is 3.30. The highest BCUT2D eigenvalue weighted by Crippen LogP contribution is 2.05. The first kappa shape index (κ1) is 30.0. The minimum absolute atomic E-state index is 0.202. The molecule has 4 unspecified atom stereocenters. The molecule has 1 heterocycles. The van der Waals surface area contributed by atoms with Crippen molar-refractivity contribution in [3.63, 3.8) is 0 Å². The second-order valence-corrected chi connectivity index (χ2v) is 7.96. The van der Waals surface area contributed by atoms with Crippen molar-refractivity contribution in [1.29, 1.82) is 0 Å². The summed E-state index contributed by atoms with van der Waals surface area (Å²) < 4.78 is 0. The van der Waals surface area contributed by atoms with E-state index >= 15 is 0 Å². The van der Waals surface area contributed by atoms with E-state index in [0.717, 1.165) is 0 Å². The van der Waals surface area contributed by atoms with Crippen molar-refractivity contribution in [2.24, 2.45) is 17.2 Å². The number of hydrogen-bond acceptors (Lipinski definition) is 9. The van der Waals surface area contributed by atoms with Crippen molar-refractivity contribution in [2.75, 3.05) is 6.54 Å². The number of rotatable bonds is 17. The molecule has 0 spiro atoms. The van der Waals surface area contributed by atoms with Crippen molar-refractivity contribution >= 4 is 35.6 Å². The number of H-pyrrole nitrogens is 1. The van der Waals surface area contributed by atoms with Gasteiger partial charge in [-0.2, -0.15) is 0 Å². The number of carbonyl (C=O) groups excluding carboxylic acids is 4. The summed E-state index contributed by atoms with van der Waals surface area (Å²) in [6, 6.07) is -5.71. The molecule has 0 aliphatic rings.